The monoisotopic (exact) mass is 384 g/mol. The van der Waals surface area contributed by atoms with E-state index in [-0.39, 0.29) is 11.6 Å². The summed E-state index contributed by atoms with van der Waals surface area (Å²) in [7, 11) is 0. The van der Waals surface area contributed by atoms with Crippen LogP contribution in [0.5, 0.6) is 0 Å². The first kappa shape index (κ1) is 16.7. The lowest BCUT2D eigenvalue weighted by atomic mass is 9.97. The number of fused-ring (bicyclic) bond motifs is 5. The van der Waals surface area contributed by atoms with Gasteiger partial charge in [-0.25, -0.2) is 8.78 Å². The number of rotatable bonds is 1. The minimum atomic E-state index is -0.590. The van der Waals surface area contributed by atoms with Crippen molar-refractivity contribution < 1.29 is 8.78 Å². The van der Waals surface area contributed by atoms with Crippen LogP contribution in [0.4, 0.5) is 8.78 Å². The molecule has 1 aliphatic heterocycles. The summed E-state index contributed by atoms with van der Waals surface area (Å²) in [6.07, 6.45) is 1.87. The molecule has 27 heavy (non-hydrogen) atoms. The van der Waals surface area contributed by atoms with Crippen molar-refractivity contribution in [2.24, 2.45) is 10.9 Å². The molecule has 5 rings (SSSR count). The number of aromatic nitrogens is 3. The van der Waals surface area contributed by atoms with Crippen LogP contribution < -0.4 is 0 Å². The van der Waals surface area contributed by atoms with Gasteiger partial charge in [0.1, 0.15) is 28.5 Å². The van der Waals surface area contributed by atoms with E-state index in [0.717, 1.165) is 34.8 Å². The van der Waals surface area contributed by atoms with Crippen molar-refractivity contribution in [3.8, 4) is 5.00 Å². The minimum Gasteiger partial charge on any atom is -0.273 e. The summed E-state index contributed by atoms with van der Waals surface area (Å²) >= 11 is 1.67. The Morgan fingerprint density at radius 1 is 1.07 bits per heavy atom. The molecular formula is C20H18F2N4S. The lowest BCUT2D eigenvalue weighted by Gasteiger charge is -2.12. The highest BCUT2D eigenvalue weighted by atomic mass is 32.1. The Labute approximate surface area is 159 Å². The summed E-state index contributed by atoms with van der Waals surface area (Å²) in [5, 5.41) is 9.44. The number of halogens is 2. The summed E-state index contributed by atoms with van der Waals surface area (Å²) in [5.41, 5.74) is 2.35. The Hall–Kier alpha value is -2.41. The van der Waals surface area contributed by atoms with Gasteiger partial charge < -0.3 is 0 Å². The topological polar surface area (TPSA) is 43.1 Å². The second kappa shape index (κ2) is 5.79. The fourth-order valence-corrected chi connectivity index (χ4v) is 5.70. The predicted molar refractivity (Wildman–Crippen MR) is 101 cm³/mol. The van der Waals surface area contributed by atoms with Gasteiger partial charge in [0.25, 0.3) is 0 Å². The Morgan fingerprint density at radius 3 is 2.56 bits per heavy atom. The molecule has 7 heteroatoms. The summed E-state index contributed by atoms with van der Waals surface area (Å²) in [4.78, 5) is 6.03. The molecular weight excluding hydrogens is 366 g/mol. The van der Waals surface area contributed by atoms with Gasteiger partial charge in [-0.3, -0.25) is 9.56 Å². The Morgan fingerprint density at radius 2 is 1.81 bits per heavy atom. The van der Waals surface area contributed by atoms with Gasteiger partial charge in [0.15, 0.2) is 5.82 Å². The van der Waals surface area contributed by atoms with Crippen LogP contribution in [0.15, 0.2) is 23.2 Å². The first-order chi connectivity index (χ1) is 13.0. The highest BCUT2D eigenvalue weighted by molar-refractivity contribution is 7.15. The second-order valence-electron chi connectivity index (χ2n) is 7.39. The summed E-state index contributed by atoms with van der Waals surface area (Å²) < 4.78 is 31.4. The van der Waals surface area contributed by atoms with Crippen molar-refractivity contribution in [1.29, 1.82) is 0 Å². The summed E-state index contributed by atoms with van der Waals surface area (Å²) in [5.74, 6) is 0.801. The van der Waals surface area contributed by atoms with Crippen LogP contribution in [-0.2, 0) is 12.8 Å². The number of aliphatic imine (C=N–C) groups is 1. The van der Waals surface area contributed by atoms with Crippen LogP contribution in [0, 0.1) is 24.5 Å². The quantitative estimate of drug-likeness (QED) is 0.617. The van der Waals surface area contributed by atoms with Crippen molar-refractivity contribution in [3.63, 3.8) is 0 Å². The van der Waals surface area contributed by atoms with E-state index < -0.39 is 11.6 Å². The number of aryl methyl sites for hydroxylation is 1. The molecule has 1 aliphatic carbocycles. The van der Waals surface area contributed by atoms with E-state index in [1.165, 1.54) is 23.1 Å². The first-order valence-corrected chi connectivity index (χ1v) is 9.86. The molecule has 2 aliphatic rings. The second-order valence-corrected chi connectivity index (χ2v) is 8.47. The molecule has 0 amide bonds. The summed E-state index contributed by atoms with van der Waals surface area (Å²) in [6.45, 7) is 5.99. The van der Waals surface area contributed by atoms with Crippen LogP contribution in [0.3, 0.4) is 0 Å². The molecule has 2 atom stereocenters. The van der Waals surface area contributed by atoms with Crippen molar-refractivity contribution in [2.45, 2.75) is 39.7 Å². The molecule has 0 radical (unpaired) electrons. The van der Waals surface area contributed by atoms with E-state index in [1.54, 1.807) is 11.3 Å². The molecule has 0 saturated heterocycles. The van der Waals surface area contributed by atoms with Gasteiger partial charge in [-0.15, -0.1) is 21.5 Å². The number of hydrogen-bond donors (Lipinski definition) is 0. The lowest BCUT2D eigenvalue weighted by molar-refractivity contribution is 0.578. The van der Waals surface area contributed by atoms with E-state index in [4.69, 9.17) is 4.99 Å². The van der Waals surface area contributed by atoms with E-state index in [1.807, 2.05) is 18.4 Å². The van der Waals surface area contributed by atoms with E-state index in [2.05, 4.69) is 17.1 Å². The molecule has 4 nitrogen and oxygen atoms in total. The van der Waals surface area contributed by atoms with Gasteiger partial charge in [0.2, 0.25) is 0 Å². The molecule has 2 aromatic heterocycles. The first-order valence-electron chi connectivity index (χ1n) is 9.05. The van der Waals surface area contributed by atoms with Crippen LogP contribution in [0.2, 0.25) is 0 Å². The smallest absolute Gasteiger partial charge is 0.162 e. The zero-order chi connectivity index (χ0) is 18.9. The molecule has 0 bridgehead atoms. The molecule has 0 spiro atoms. The third-order valence-electron chi connectivity index (χ3n) is 5.34. The average Bonchev–Trinajstić information content (AvgIpc) is 3.22. The normalized spacial score (nSPS) is 20.7. The van der Waals surface area contributed by atoms with E-state index >= 15 is 0 Å². The van der Waals surface area contributed by atoms with Gasteiger partial charge in [0, 0.05) is 10.4 Å². The zero-order valence-electron chi connectivity index (χ0n) is 15.3. The SMILES string of the molecule is Cc1nnc2n1-c1sc3c(c1C(c1c(F)cccc1F)=N[C@H]2C)CC(C)C3. The third-order valence-corrected chi connectivity index (χ3v) is 6.58. The van der Waals surface area contributed by atoms with Crippen molar-refractivity contribution in [2.75, 3.05) is 0 Å². The fourth-order valence-electron chi connectivity index (χ4n) is 4.15. The van der Waals surface area contributed by atoms with Gasteiger partial charge >= 0.3 is 0 Å². The molecule has 1 aromatic carbocycles. The average molecular weight is 384 g/mol. The van der Waals surface area contributed by atoms with E-state index in [0.29, 0.717) is 17.5 Å². The van der Waals surface area contributed by atoms with Gasteiger partial charge in [-0.05, 0) is 50.3 Å². The minimum absolute atomic E-state index is 0.0536. The van der Waals surface area contributed by atoms with Crippen molar-refractivity contribution >= 4 is 17.0 Å². The maximum atomic E-state index is 14.7. The molecule has 3 aromatic rings. The maximum Gasteiger partial charge on any atom is 0.162 e. The number of hydrogen-bond acceptors (Lipinski definition) is 4. The standard InChI is InChI=1S/C20H18F2N4S/c1-9-7-12-15(8-9)27-20-16(12)18(17-13(21)5-4-6-14(17)22)23-10(2)19-25-24-11(3)26(19)20/h4-6,9-10H,7-8H2,1-3H3/t9?,10-/m0/s1. The zero-order valence-corrected chi connectivity index (χ0v) is 16.1. The van der Waals surface area contributed by atoms with Crippen LogP contribution >= 0.6 is 11.3 Å². The van der Waals surface area contributed by atoms with Crippen LogP contribution in [0.25, 0.3) is 5.00 Å². The predicted octanol–water partition coefficient (Wildman–Crippen LogP) is 4.56. The molecule has 3 heterocycles. The number of nitrogens with zero attached hydrogens (tertiary/aromatic N) is 4. The van der Waals surface area contributed by atoms with Gasteiger partial charge in [-0.2, -0.15) is 0 Å². The maximum absolute atomic E-state index is 14.7. The lowest BCUT2D eigenvalue weighted by Crippen LogP contribution is -2.12. The number of thiophene rings is 1. The van der Waals surface area contributed by atoms with Crippen LogP contribution in [0.1, 0.15) is 53.1 Å². The van der Waals surface area contributed by atoms with Crippen LogP contribution in [-0.4, -0.2) is 20.5 Å². The van der Waals surface area contributed by atoms with Gasteiger partial charge in [-0.1, -0.05) is 13.0 Å². The Bertz CT molecular complexity index is 1090. The molecule has 138 valence electrons. The fraction of sp³-hybridized carbons (Fsp3) is 0.350. The highest BCUT2D eigenvalue weighted by Crippen LogP contribution is 2.44. The van der Waals surface area contributed by atoms with Crippen molar-refractivity contribution in [1.82, 2.24) is 14.8 Å². The van der Waals surface area contributed by atoms with Crippen molar-refractivity contribution in [3.05, 3.63) is 63.0 Å². The molecule has 0 saturated carbocycles. The largest absolute Gasteiger partial charge is 0.273 e. The summed E-state index contributed by atoms with van der Waals surface area (Å²) in [6, 6.07) is 3.61. The van der Waals surface area contributed by atoms with Gasteiger partial charge in [0.05, 0.1) is 11.3 Å². The highest BCUT2D eigenvalue weighted by Gasteiger charge is 2.35. The molecule has 0 N–H and O–H groups in total. The number of benzene rings is 1. The Kier molecular flexibility index (Phi) is 3.59. The Balaban J connectivity index is 1.87. The third kappa shape index (κ3) is 2.34. The van der Waals surface area contributed by atoms with E-state index in [9.17, 15) is 8.78 Å². The molecule has 1 unspecified atom stereocenters. The molecule has 0 fully saturated rings.